The maximum absolute atomic E-state index is 13.5. The van der Waals surface area contributed by atoms with E-state index >= 15 is 0 Å². The van der Waals surface area contributed by atoms with Crippen molar-refractivity contribution < 1.29 is 9.50 Å². The molecule has 0 fully saturated rings. The van der Waals surface area contributed by atoms with Crippen LogP contribution in [0.1, 0.15) is 11.7 Å². The average Bonchev–Trinajstić information content (AvgIpc) is 2.40. The quantitative estimate of drug-likeness (QED) is 0.817. The van der Waals surface area contributed by atoms with Crippen molar-refractivity contribution in [2.24, 2.45) is 7.05 Å². The van der Waals surface area contributed by atoms with Crippen molar-refractivity contribution in [3.63, 3.8) is 0 Å². The Morgan fingerprint density at radius 2 is 1.89 bits per heavy atom. The first kappa shape index (κ1) is 13.2. The highest BCUT2D eigenvalue weighted by molar-refractivity contribution is 5.19. The van der Waals surface area contributed by atoms with E-state index in [0.29, 0.717) is 0 Å². The summed E-state index contributed by atoms with van der Waals surface area (Å²) >= 11 is 0. The van der Waals surface area contributed by atoms with Crippen LogP contribution in [0.3, 0.4) is 0 Å². The fraction of sp³-hybridized carbons (Fsp3) is 0.231. The molecular formula is C13H13FN2O3. The third-order valence-electron chi connectivity index (χ3n) is 2.87. The lowest BCUT2D eigenvalue weighted by atomic mass is 10.1. The van der Waals surface area contributed by atoms with Crippen LogP contribution in [-0.4, -0.2) is 14.2 Å². The normalized spacial score (nSPS) is 12.4. The summed E-state index contributed by atoms with van der Waals surface area (Å²) in [7, 11) is 1.46. The minimum atomic E-state index is -1.19. The average molecular weight is 264 g/mol. The standard InChI is InChI=1S/C13H13FN2O3/c1-15-6-7-16(13(19)12(15)18)8-11(17)9-4-2-3-5-10(9)14/h2-7,11,17H,8H2,1H3. The van der Waals surface area contributed by atoms with Gasteiger partial charge in [0.2, 0.25) is 0 Å². The van der Waals surface area contributed by atoms with E-state index in [0.717, 1.165) is 9.13 Å². The molecule has 100 valence electrons. The minimum absolute atomic E-state index is 0.0927. The molecule has 1 aromatic carbocycles. The molecule has 2 rings (SSSR count). The van der Waals surface area contributed by atoms with Gasteiger partial charge in [-0.1, -0.05) is 18.2 Å². The summed E-state index contributed by atoms with van der Waals surface area (Å²) < 4.78 is 15.7. The lowest BCUT2D eigenvalue weighted by molar-refractivity contribution is 0.150. The Morgan fingerprint density at radius 1 is 1.21 bits per heavy atom. The molecule has 0 aliphatic rings. The van der Waals surface area contributed by atoms with Gasteiger partial charge in [-0.15, -0.1) is 0 Å². The van der Waals surface area contributed by atoms with Gasteiger partial charge in [0.05, 0.1) is 12.6 Å². The summed E-state index contributed by atoms with van der Waals surface area (Å²) in [5, 5.41) is 9.93. The molecule has 1 atom stereocenters. The monoisotopic (exact) mass is 264 g/mol. The van der Waals surface area contributed by atoms with Gasteiger partial charge in [0.1, 0.15) is 5.82 Å². The van der Waals surface area contributed by atoms with Crippen molar-refractivity contribution in [1.29, 1.82) is 0 Å². The fourth-order valence-corrected chi connectivity index (χ4v) is 1.76. The zero-order valence-electron chi connectivity index (χ0n) is 10.3. The zero-order chi connectivity index (χ0) is 14.0. The van der Waals surface area contributed by atoms with E-state index in [2.05, 4.69) is 0 Å². The summed E-state index contributed by atoms with van der Waals surface area (Å²) in [4.78, 5) is 23.1. The Labute approximate surface area is 108 Å². The van der Waals surface area contributed by atoms with E-state index in [9.17, 15) is 19.1 Å². The molecule has 0 amide bonds. The first-order chi connectivity index (χ1) is 9.00. The smallest absolute Gasteiger partial charge is 0.316 e. The molecule has 0 saturated heterocycles. The third-order valence-corrected chi connectivity index (χ3v) is 2.87. The lowest BCUT2D eigenvalue weighted by Gasteiger charge is -2.13. The summed E-state index contributed by atoms with van der Waals surface area (Å²) in [5.74, 6) is -0.549. The predicted octanol–water partition coefficient (Wildman–Crippen LogP) is 0.420. The number of benzene rings is 1. The molecule has 1 N–H and O–H groups in total. The molecule has 1 heterocycles. The molecule has 19 heavy (non-hydrogen) atoms. The molecule has 5 nitrogen and oxygen atoms in total. The van der Waals surface area contributed by atoms with E-state index in [1.54, 1.807) is 6.07 Å². The number of aromatic nitrogens is 2. The maximum Gasteiger partial charge on any atom is 0.316 e. The highest BCUT2D eigenvalue weighted by Crippen LogP contribution is 2.17. The van der Waals surface area contributed by atoms with E-state index in [1.807, 2.05) is 0 Å². The molecule has 2 aromatic rings. The van der Waals surface area contributed by atoms with Crippen LogP contribution in [-0.2, 0) is 13.6 Å². The van der Waals surface area contributed by atoms with Crippen LogP contribution in [0.2, 0.25) is 0 Å². The summed E-state index contributed by atoms with van der Waals surface area (Å²) in [6.07, 6.45) is 1.61. The van der Waals surface area contributed by atoms with Gasteiger partial charge < -0.3 is 14.2 Å². The number of halogens is 1. The third kappa shape index (κ3) is 2.63. The Balaban J connectivity index is 2.33. The van der Waals surface area contributed by atoms with Gasteiger partial charge in [-0.25, -0.2) is 4.39 Å². The van der Waals surface area contributed by atoms with Gasteiger partial charge in [-0.05, 0) is 6.07 Å². The Morgan fingerprint density at radius 3 is 2.58 bits per heavy atom. The minimum Gasteiger partial charge on any atom is -0.386 e. The van der Waals surface area contributed by atoms with Crippen LogP contribution in [0, 0.1) is 5.82 Å². The van der Waals surface area contributed by atoms with Crippen molar-refractivity contribution in [2.75, 3.05) is 0 Å². The van der Waals surface area contributed by atoms with Crippen molar-refractivity contribution in [3.05, 3.63) is 68.7 Å². The van der Waals surface area contributed by atoms with E-state index in [-0.39, 0.29) is 12.1 Å². The fourth-order valence-electron chi connectivity index (χ4n) is 1.76. The molecule has 1 aromatic heterocycles. The number of aliphatic hydroxyl groups is 1. The molecule has 6 heteroatoms. The van der Waals surface area contributed by atoms with Gasteiger partial charge in [-0.2, -0.15) is 0 Å². The van der Waals surface area contributed by atoms with E-state index in [4.69, 9.17) is 0 Å². The number of aliphatic hydroxyl groups excluding tert-OH is 1. The molecule has 0 spiro atoms. The van der Waals surface area contributed by atoms with E-state index in [1.165, 1.54) is 37.6 Å². The highest BCUT2D eigenvalue weighted by Gasteiger charge is 2.14. The van der Waals surface area contributed by atoms with Gasteiger partial charge in [-0.3, -0.25) is 9.59 Å². The predicted molar refractivity (Wildman–Crippen MR) is 67.3 cm³/mol. The van der Waals surface area contributed by atoms with Gasteiger partial charge in [0.25, 0.3) is 0 Å². The lowest BCUT2D eigenvalue weighted by Crippen LogP contribution is -2.40. The van der Waals surface area contributed by atoms with Crippen LogP contribution < -0.4 is 11.1 Å². The molecular weight excluding hydrogens is 251 g/mol. The number of aryl methyl sites for hydroxylation is 1. The van der Waals surface area contributed by atoms with Crippen LogP contribution in [0.5, 0.6) is 0 Å². The highest BCUT2D eigenvalue weighted by atomic mass is 19.1. The SMILES string of the molecule is Cn1ccn(CC(O)c2ccccc2F)c(=O)c1=O. The summed E-state index contributed by atoms with van der Waals surface area (Å²) in [5.41, 5.74) is -1.35. The molecule has 0 aliphatic heterocycles. The second-order valence-electron chi connectivity index (χ2n) is 4.21. The first-order valence-electron chi connectivity index (χ1n) is 5.69. The maximum atomic E-state index is 13.5. The number of hydrogen-bond donors (Lipinski definition) is 1. The Bertz CT molecular complexity index is 706. The summed E-state index contributed by atoms with van der Waals surface area (Å²) in [6, 6.07) is 5.77. The van der Waals surface area contributed by atoms with Crippen LogP contribution >= 0.6 is 0 Å². The van der Waals surface area contributed by atoms with E-state index < -0.39 is 23.0 Å². The van der Waals surface area contributed by atoms with Crippen LogP contribution in [0.25, 0.3) is 0 Å². The molecule has 0 saturated carbocycles. The first-order valence-corrected chi connectivity index (χ1v) is 5.69. The second-order valence-corrected chi connectivity index (χ2v) is 4.21. The number of rotatable bonds is 3. The van der Waals surface area contributed by atoms with Gasteiger partial charge >= 0.3 is 11.1 Å². The number of hydrogen-bond acceptors (Lipinski definition) is 3. The molecule has 0 bridgehead atoms. The van der Waals surface area contributed by atoms with Crippen molar-refractivity contribution in [3.8, 4) is 0 Å². The molecule has 1 unspecified atom stereocenters. The summed E-state index contributed by atoms with van der Waals surface area (Å²) in [6.45, 7) is -0.171. The van der Waals surface area contributed by atoms with Gasteiger partial charge in [0, 0.05) is 25.0 Å². The zero-order valence-corrected chi connectivity index (χ0v) is 10.3. The molecule has 0 aliphatic carbocycles. The Kier molecular flexibility index (Phi) is 3.62. The van der Waals surface area contributed by atoms with Crippen LogP contribution in [0.15, 0.2) is 46.2 Å². The second kappa shape index (κ2) is 5.19. The largest absolute Gasteiger partial charge is 0.386 e. The van der Waals surface area contributed by atoms with Crippen LogP contribution in [0.4, 0.5) is 4.39 Å². The van der Waals surface area contributed by atoms with Crippen molar-refractivity contribution >= 4 is 0 Å². The number of nitrogens with zero attached hydrogens (tertiary/aromatic N) is 2. The Hall–Kier alpha value is -2.21. The van der Waals surface area contributed by atoms with Gasteiger partial charge in [0.15, 0.2) is 0 Å². The molecule has 0 radical (unpaired) electrons. The topological polar surface area (TPSA) is 64.2 Å². The van der Waals surface area contributed by atoms with Crippen molar-refractivity contribution in [2.45, 2.75) is 12.6 Å². The van der Waals surface area contributed by atoms with Crippen molar-refractivity contribution in [1.82, 2.24) is 9.13 Å².